The van der Waals surface area contributed by atoms with E-state index in [1.54, 1.807) is 18.3 Å². The minimum absolute atomic E-state index is 0.256. The van der Waals surface area contributed by atoms with Gasteiger partial charge >= 0.3 is 0 Å². The molecule has 18 heavy (non-hydrogen) atoms. The molecule has 0 atom stereocenters. The Labute approximate surface area is 107 Å². The molecule has 3 rings (SSSR count). The summed E-state index contributed by atoms with van der Waals surface area (Å²) >= 11 is 1.51. The Hall–Kier alpha value is -2.19. The van der Waals surface area contributed by atoms with Crippen LogP contribution in [0.5, 0.6) is 0 Å². The fourth-order valence-electron chi connectivity index (χ4n) is 1.89. The van der Waals surface area contributed by atoms with Crippen molar-refractivity contribution in [3.63, 3.8) is 0 Å². The van der Waals surface area contributed by atoms with Crippen molar-refractivity contribution < 1.29 is 4.39 Å². The molecule has 2 aromatic heterocycles. The zero-order valence-electron chi connectivity index (χ0n) is 9.30. The third kappa shape index (κ3) is 1.67. The van der Waals surface area contributed by atoms with Crippen molar-refractivity contribution >= 4 is 16.3 Å². The molecular weight excluding hydrogens is 249 g/mol. The molecule has 0 aliphatic carbocycles. The molecule has 3 aromatic rings. The Bertz CT molecular complexity index is 734. The van der Waals surface area contributed by atoms with Gasteiger partial charge in [0.05, 0.1) is 30.1 Å². The van der Waals surface area contributed by atoms with Gasteiger partial charge in [0.1, 0.15) is 5.82 Å². The average molecular weight is 257 g/mol. The van der Waals surface area contributed by atoms with E-state index >= 15 is 0 Å². The van der Waals surface area contributed by atoms with Crippen molar-refractivity contribution in [2.24, 2.45) is 0 Å². The molecule has 5 heteroatoms. The fourth-order valence-corrected chi connectivity index (χ4v) is 2.79. The van der Waals surface area contributed by atoms with Crippen molar-refractivity contribution in [1.29, 1.82) is 5.26 Å². The Morgan fingerprint density at radius 2 is 2.11 bits per heavy atom. The first kappa shape index (κ1) is 10.9. The van der Waals surface area contributed by atoms with Crippen LogP contribution in [-0.4, -0.2) is 9.38 Å². The standard InChI is InChI=1S/C13H8FN3S/c14-10-3-1-9(2-4-10)12-8-18-13-16-7-11(5-6-15)17(12)13/h1-4,7-8H,5H2. The minimum atomic E-state index is -0.256. The lowest BCUT2D eigenvalue weighted by atomic mass is 10.1. The number of nitrogens with zero attached hydrogens (tertiary/aromatic N) is 3. The average Bonchev–Trinajstić information content (AvgIpc) is 2.94. The number of rotatable bonds is 2. The smallest absolute Gasteiger partial charge is 0.194 e. The summed E-state index contributed by atoms with van der Waals surface area (Å²) in [6.07, 6.45) is 2.02. The quantitative estimate of drug-likeness (QED) is 0.707. The van der Waals surface area contributed by atoms with Crippen LogP contribution in [-0.2, 0) is 6.42 Å². The van der Waals surface area contributed by atoms with E-state index in [2.05, 4.69) is 11.1 Å². The number of nitriles is 1. The molecule has 88 valence electrons. The summed E-state index contributed by atoms with van der Waals surface area (Å²) in [4.78, 5) is 5.10. The molecular formula is C13H8FN3S. The van der Waals surface area contributed by atoms with Crippen LogP contribution < -0.4 is 0 Å². The second-order valence-electron chi connectivity index (χ2n) is 3.83. The van der Waals surface area contributed by atoms with E-state index in [0.29, 0.717) is 6.42 Å². The highest BCUT2D eigenvalue weighted by molar-refractivity contribution is 7.15. The summed E-state index contributed by atoms with van der Waals surface area (Å²) < 4.78 is 14.9. The van der Waals surface area contributed by atoms with Gasteiger partial charge in [-0.05, 0) is 29.8 Å². The molecule has 0 spiro atoms. The minimum Gasteiger partial charge on any atom is -0.286 e. The summed E-state index contributed by atoms with van der Waals surface area (Å²) in [6, 6.07) is 8.44. The van der Waals surface area contributed by atoms with Crippen LogP contribution in [0.2, 0.25) is 0 Å². The number of hydrogen-bond acceptors (Lipinski definition) is 3. The second-order valence-corrected chi connectivity index (χ2v) is 4.67. The third-order valence-electron chi connectivity index (χ3n) is 2.72. The number of hydrogen-bond donors (Lipinski definition) is 0. The van der Waals surface area contributed by atoms with Gasteiger partial charge in [-0.25, -0.2) is 9.37 Å². The summed E-state index contributed by atoms with van der Waals surface area (Å²) in [7, 11) is 0. The predicted octanol–water partition coefficient (Wildman–Crippen LogP) is 3.27. The maximum Gasteiger partial charge on any atom is 0.194 e. The molecule has 2 heterocycles. The molecule has 0 amide bonds. The molecule has 0 saturated carbocycles. The molecule has 0 saturated heterocycles. The molecule has 0 bridgehead atoms. The fraction of sp³-hybridized carbons (Fsp3) is 0.0769. The van der Waals surface area contributed by atoms with Crippen LogP contribution in [0.1, 0.15) is 5.69 Å². The van der Waals surface area contributed by atoms with Crippen LogP contribution in [0.4, 0.5) is 4.39 Å². The number of thiazole rings is 1. The zero-order valence-corrected chi connectivity index (χ0v) is 10.1. The number of imidazole rings is 1. The van der Waals surface area contributed by atoms with Gasteiger partial charge in [0.15, 0.2) is 4.96 Å². The highest BCUT2D eigenvalue weighted by Gasteiger charge is 2.11. The van der Waals surface area contributed by atoms with Crippen molar-refractivity contribution in [3.8, 4) is 17.3 Å². The van der Waals surface area contributed by atoms with Crippen LogP contribution in [0.25, 0.3) is 16.2 Å². The maximum absolute atomic E-state index is 12.9. The van der Waals surface area contributed by atoms with Crippen LogP contribution in [0.3, 0.4) is 0 Å². The van der Waals surface area contributed by atoms with Crippen LogP contribution in [0, 0.1) is 17.1 Å². The molecule has 0 radical (unpaired) electrons. The monoisotopic (exact) mass is 257 g/mol. The maximum atomic E-state index is 12.9. The predicted molar refractivity (Wildman–Crippen MR) is 67.8 cm³/mol. The lowest BCUT2D eigenvalue weighted by Gasteiger charge is -2.02. The van der Waals surface area contributed by atoms with Gasteiger partial charge in [-0.1, -0.05) is 0 Å². The second kappa shape index (κ2) is 4.24. The van der Waals surface area contributed by atoms with E-state index in [4.69, 9.17) is 5.26 Å². The van der Waals surface area contributed by atoms with E-state index < -0.39 is 0 Å². The number of halogens is 1. The van der Waals surface area contributed by atoms with E-state index in [0.717, 1.165) is 21.9 Å². The third-order valence-corrected chi connectivity index (χ3v) is 3.56. The van der Waals surface area contributed by atoms with Crippen molar-refractivity contribution in [2.75, 3.05) is 0 Å². The molecule has 0 aliphatic rings. The number of benzene rings is 1. The Balaban J connectivity index is 2.20. The molecule has 3 nitrogen and oxygen atoms in total. The lowest BCUT2D eigenvalue weighted by Crippen LogP contribution is -1.92. The van der Waals surface area contributed by atoms with Crippen molar-refractivity contribution in [1.82, 2.24) is 9.38 Å². The normalized spacial score (nSPS) is 10.7. The summed E-state index contributed by atoms with van der Waals surface area (Å²) in [5, 5.41) is 10.8. The van der Waals surface area contributed by atoms with Gasteiger partial charge in [0.25, 0.3) is 0 Å². The SMILES string of the molecule is N#CCc1cnc2scc(-c3ccc(F)cc3)n12. The molecule has 1 aromatic carbocycles. The van der Waals surface area contributed by atoms with E-state index in [9.17, 15) is 4.39 Å². The summed E-state index contributed by atoms with van der Waals surface area (Å²) in [5.74, 6) is -0.256. The van der Waals surface area contributed by atoms with E-state index in [1.165, 1.54) is 23.5 Å². The first-order chi connectivity index (χ1) is 8.79. The van der Waals surface area contributed by atoms with Crippen LogP contribution >= 0.6 is 11.3 Å². The topological polar surface area (TPSA) is 41.1 Å². The highest BCUT2D eigenvalue weighted by atomic mass is 32.1. The van der Waals surface area contributed by atoms with Crippen molar-refractivity contribution in [2.45, 2.75) is 6.42 Å². The highest BCUT2D eigenvalue weighted by Crippen LogP contribution is 2.27. The van der Waals surface area contributed by atoms with Gasteiger partial charge in [0.2, 0.25) is 0 Å². The van der Waals surface area contributed by atoms with Gasteiger partial charge in [-0.15, -0.1) is 11.3 Å². The lowest BCUT2D eigenvalue weighted by molar-refractivity contribution is 0.628. The first-order valence-corrected chi connectivity index (χ1v) is 6.24. The van der Waals surface area contributed by atoms with Crippen molar-refractivity contribution in [3.05, 3.63) is 47.4 Å². The van der Waals surface area contributed by atoms with E-state index in [-0.39, 0.29) is 5.82 Å². The molecule has 0 aliphatic heterocycles. The Morgan fingerprint density at radius 1 is 1.33 bits per heavy atom. The number of fused-ring (bicyclic) bond motifs is 1. The molecule has 0 N–H and O–H groups in total. The van der Waals surface area contributed by atoms with Gasteiger partial charge in [-0.3, -0.25) is 4.40 Å². The summed E-state index contributed by atoms with van der Waals surface area (Å²) in [6.45, 7) is 0. The molecule has 0 fully saturated rings. The van der Waals surface area contributed by atoms with Gasteiger partial charge in [-0.2, -0.15) is 5.26 Å². The van der Waals surface area contributed by atoms with Crippen LogP contribution in [0.15, 0.2) is 35.8 Å². The summed E-state index contributed by atoms with van der Waals surface area (Å²) in [5.41, 5.74) is 2.71. The molecule has 0 unspecified atom stereocenters. The Kier molecular flexibility index (Phi) is 2.58. The largest absolute Gasteiger partial charge is 0.286 e. The zero-order chi connectivity index (χ0) is 12.5. The van der Waals surface area contributed by atoms with Gasteiger partial charge < -0.3 is 0 Å². The van der Waals surface area contributed by atoms with E-state index in [1.807, 2.05) is 9.78 Å². The van der Waals surface area contributed by atoms with Gasteiger partial charge in [0, 0.05) is 5.38 Å². The Morgan fingerprint density at radius 3 is 2.83 bits per heavy atom. The number of aromatic nitrogens is 2. The first-order valence-electron chi connectivity index (χ1n) is 5.36.